The highest BCUT2D eigenvalue weighted by Crippen LogP contribution is 2.32. The molecule has 4 aromatic rings. The zero-order valence-corrected chi connectivity index (χ0v) is 17.8. The second-order valence-electron chi connectivity index (χ2n) is 7.78. The molecule has 0 saturated heterocycles. The number of para-hydroxylation sites is 1. The van der Waals surface area contributed by atoms with Crippen LogP contribution in [0.3, 0.4) is 0 Å². The summed E-state index contributed by atoms with van der Waals surface area (Å²) in [6.07, 6.45) is 1.79. The third kappa shape index (κ3) is 3.90. The molecular formula is C25H29N5. The molecular weight excluding hydrogens is 370 g/mol. The summed E-state index contributed by atoms with van der Waals surface area (Å²) in [5.41, 5.74) is 9.50. The van der Waals surface area contributed by atoms with Gasteiger partial charge in [-0.1, -0.05) is 42.5 Å². The predicted octanol–water partition coefficient (Wildman–Crippen LogP) is 4.75. The number of nitrogens with zero attached hydrogens (tertiary/aromatic N) is 2. The molecule has 0 spiro atoms. The van der Waals surface area contributed by atoms with E-state index in [0.29, 0.717) is 0 Å². The number of benzene rings is 3. The van der Waals surface area contributed by atoms with Gasteiger partial charge in [-0.05, 0) is 56.4 Å². The molecule has 4 N–H and O–H groups in total. The quantitative estimate of drug-likeness (QED) is 0.310. The second kappa shape index (κ2) is 8.61. The minimum Gasteiger partial charge on any atom is -0.354 e. The van der Waals surface area contributed by atoms with Crippen LogP contribution in [0.2, 0.25) is 0 Å². The van der Waals surface area contributed by atoms with Crippen LogP contribution in [0.5, 0.6) is 0 Å². The lowest BCUT2D eigenvalue weighted by molar-refractivity contribution is 0.402. The third-order valence-corrected chi connectivity index (χ3v) is 5.36. The van der Waals surface area contributed by atoms with Crippen molar-refractivity contribution in [2.75, 3.05) is 19.4 Å². The van der Waals surface area contributed by atoms with Gasteiger partial charge in [0.05, 0.1) is 5.70 Å². The summed E-state index contributed by atoms with van der Waals surface area (Å²) in [5.74, 6) is 5.63. The Bertz CT molecular complexity index is 1190. The zero-order valence-electron chi connectivity index (χ0n) is 17.8. The lowest BCUT2D eigenvalue weighted by Crippen LogP contribution is -2.16. The van der Waals surface area contributed by atoms with Gasteiger partial charge in [0.1, 0.15) is 0 Å². The highest BCUT2D eigenvalue weighted by atomic mass is 15.2. The molecule has 0 atom stereocenters. The molecule has 4 rings (SSSR count). The summed E-state index contributed by atoms with van der Waals surface area (Å²) < 4.78 is 2.36. The van der Waals surface area contributed by atoms with Gasteiger partial charge in [-0.2, -0.15) is 0 Å². The summed E-state index contributed by atoms with van der Waals surface area (Å²) in [5, 5.41) is 6.06. The van der Waals surface area contributed by atoms with Gasteiger partial charge in [-0.3, -0.25) is 5.84 Å². The topological polar surface area (TPSA) is 58.3 Å². The van der Waals surface area contributed by atoms with E-state index >= 15 is 0 Å². The van der Waals surface area contributed by atoms with Crippen molar-refractivity contribution in [3.63, 3.8) is 0 Å². The first-order valence-corrected chi connectivity index (χ1v) is 10.3. The fraction of sp³-hybridized carbons (Fsp3) is 0.200. The normalized spacial score (nSPS) is 12.1. The fourth-order valence-electron chi connectivity index (χ4n) is 4.06. The Morgan fingerprint density at radius 3 is 2.40 bits per heavy atom. The lowest BCUT2D eigenvalue weighted by atomic mass is 10.1. The van der Waals surface area contributed by atoms with Crippen molar-refractivity contribution in [1.29, 1.82) is 0 Å². The van der Waals surface area contributed by atoms with Crippen LogP contribution < -0.4 is 16.6 Å². The molecule has 3 aromatic carbocycles. The van der Waals surface area contributed by atoms with Gasteiger partial charge >= 0.3 is 0 Å². The van der Waals surface area contributed by atoms with E-state index in [1.165, 1.54) is 27.4 Å². The van der Waals surface area contributed by atoms with Gasteiger partial charge in [-0.25, -0.2) is 0 Å². The maximum Gasteiger partial charge on any atom is 0.0631 e. The van der Waals surface area contributed by atoms with Crippen molar-refractivity contribution >= 4 is 33.2 Å². The summed E-state index contributed by atoms with van der Waals surface area (Å²) in [4.78, 5) is 2.16. The van der Waals surface area contributed by atoms with Gasteiger partial charge in [0.15, 0.2) is 0 Å². The van der Waals surface area contributed by atoms with Crippen molar-refractivity contribution in [3.05, 3.63) is 84.1 Å². The fourth-order valence-corrected chi connectivity index (χ4v) is 4.06. The maximum absolute atomic E-state index is 5.63. The van der Waals surface area contributed by atoms with E-state index in [0.717, 1.165) is 30.0 Å². The zero-order chi connectivity index (χ0) is 21.1. The molecule has 0 aliphatic heterocycles. The van der Waals surface area contributed by atoms with E-state index in [1.807, 2.05) is 0 Å². The van der Waals surface area contributed by atoms with Crippen molar-refractivity contribution < 1.29 is 0 Å². The van der Waals surface area contributed by atoms with Crippen LogP contribution in [0, 0.1) is 0 Å². The number of nitrogens with one attached hydrogen (secondary N) is 2. The molecule has 0 saturated carbocycles. The molecule has 5 nitrogen and oxygen atoms in total. The van der Waals surface area contributed by atoms with Gasteiger partial charge in [-0.15, -0.1) is 0 Å². The highest BCUT2D eigenvalue weighted by molar-refractivity contribution is 6.09. The SMILES string of the molecule is CCn1c2ccccc2c2cc(N/C(=C\NN)c3ccc(CN(C)C)cc3)ccc21. The number of anilines is 1. The Hall–Kier alpha value is -3.28. The maximum atomic E-state index is 5.63. The molecule has 0 amide bonds. The molecule has 0 aliphatic carbocycles. The Balaban J connectivity index is 1.69. The number of hydrogen-bond donors (Lipinski definition) is 3. The summed E-state index contributed by atoms with van der Waals surface area (Å²) in [6, 6.07) is 23.6. The molecule has 0 fully saturated rings. The van der Waals surface area contributed by atoms with Crippen molar-refractivity contribution in [2.24, 2.45) is 5.84 Å². The molecule has 1 heterocycles. The molecule has 5 heteroatoms. The highest BCUT2D eigenvalue weighted by Gasteiger charge is 2.11. The van der Waals surface area contributed by atoms with E-state index in [9.17, 15) is 0 Å². The van der Waals surface area contributed by atoms with Gasteiger partial charge < -0.3 is 20.2 Å². The lowest BCUT2D eigenvalue weighted by Gasteiger charge is -2.14. The van der Waals surface area contributed by atoms with Gasteiger partial charge in [0.25, 0.3) is 0 Å². The molecule has 154 valence electrons. The van der Waals surface area contributed by atoms with Crippen molar-refractivity contribution in [2.45, 2.75) is 20.0 Å². The molecule has 0 bridgehead atoms. The van der Waals surface area contributed by atoms with Crippen LogP contribution in [-0.4, -0.2) is 23.6 Å². The van der Waals surface area contributed by atoms with E-state index in [1.54, 1.807) is 6.20 Å². The Kier molecular flexibility index (Phi) is 5.74. The average molecular weight is 400 g/mol. The standard InChI is InChI=1S/C25H29N5/c1-4-30-24-8-6-5-7-21(24)22-15-20(13-14-25(22)30)28-23(16-27-26)19-11-9-18(10-12-19)17-29(2)3/h5-16,27-28H,4,17,26H2,1-3H3/b23-16-. The van der Waals surface area contributed by atoms with Gasteiger partial charge in [0.2, 0.25) is 0 Å². The van der Waals surface area contributed by atoms with E-state index in [4.69, 9.17) is 5.84 Å². The number of aryl methyl sites for hydroxylation is 1. The summed E-state index contributed by atoms with van der Waals surface area (Å²) >= 11 is 0. The Morgan fingerprint density at radius 2 is 1.70 bits per heavy atom. The van der Waals surface area contributed by atoms with E-state index < -0.39 is 0 Å². The largest absolute Gasteiger partial charge is 0.354 e. The molecule has 0 aliphatic rings. The predicted molar refractivity (Wildman–Crippen MR) is 128 cm³/mol. The van der Waals surface area contributed by atoms with Crippen LogP contribution in [-0.2, 0) is 13.1 Å². The van der Waals surface area contributed by atoms with Crippen LogP contribution in [0.4, 0.5) is 5.69 Å². The Labute approximate surface area is 177 Å². The third-order valence-electron chi connectivity index (χ3n) is 5.36. The summed E-state index contributed by atoms with van der Waals surface area (Å²) in [6.45, 7) is 4.05. The number of hydrogen-bond acceptors (Lipinski definition) is 4. The number of hydrazine groups is 1. The van der Waals surface area contributed by atoms with Crippen molar-refractivity contribution in [1.82, 2.24) is 14.9 Å². The second-order valence-corrected chi connectivity index (χ2v) is 7.78. The van der Waals surface area contributed by atoms with E-state index in [2.05, 4.69) is 108 Å². The number of aromatic nitrogens is 1. The average Bonchev–Trinajstić information content (AvgIpc) is 3.07. The van der Waals surface area contributed by atoms with Crippen LogP contribution >= 0.6 is 0 Å². The van der Waals surface area contributed by atoms with E-state index in [-0.39, 0.29) is 0 Å². The molecule has 1 aromatic heterocycles. The molecule has 0 radical (unpaired) electrons. The van der Waals surface area contributed by atoms with Crippen LogP contribution in [0.25, 0.3) is 27.5 Å². The van der Waals surface area contributed by atoms with Crippen LogP contribution in [0.15, 0.2) is 72.9 Å². The first-order valence-electron chi connectivity index (χ1n) is 10.3. The number of rotatable bonds is 7. The summed E-state index contributed by atoms with van der Waals surface area (Å²) in [7, 11) is 4.15. The first-order chi connectivity index (χ1) is 14.6. The molecule has 30 heavy (non-hydrogen) atoms. The first kappa shape index (κ1) is 20.0. The number of fused-ring (bicyclic) bond motifs is 3. The monoisotopic (exact) mass is 399 g/mol. The molecule has 0 unspecified atom stereocenters. The Morgan fingerprint density at radius 1 is 0.967 bits per heavy atom. The number of nitrogens with two attached hydrogens (primary N) is 1. The van der Waals surface area contributed by atoms with Crippen LogP contribution in [0.1, 0.15) is 18.1 Å². The minimum atomic E-state index is 0.917. The smallest absolute Gasteiger partial charge is 0.0631 e. The van der Waals surface area contributed by atoms with Crippen molar-refractivity contribution in [3.8, 4) is 0 Å². The van der Waals surface area contributed by atoms with Gasteiger partial charge in [0, 0.05) is 46.8 Å². The minimum absolute atomic E-state index is 0.917.